The van der Waals surface area contributed by atoms with E-state index in [2.05, 4.69) is 29.4 Å². The number of carbonyl (C=O) groups excluding carboxylic acids is 1. The Bertz CT molecular complexity index is 1120. The van der Waals surface area contributed by atoms with Crippen LogP contribution in [0.1, 0.15) is 35.7 Å². The Morgan fingerprint density at radius 1 is 1.07 bits per heavy atom. The molecular formula is C21H21N5O. The van der Waals surface area contributed by atoms with Gasteiger partial charge in [0.05, 0.1) is 24.1 Å². The van der Waals surface area contributed by atoms with E-state index in [1.165, 1.54) is 0 Å². The summed E-state index contributed by atoms with van der Waals surface area (Å²) >= 11 is 0. The summed E-state index contributed by atoms with van der Waals surface area (Å²) in [6, 6.07) is 13.5. The molecule has 2 aromatic heterocycles. The molecule has 4 rings (SSSR count). The predicted octanol–water partition coefficient (Wildman–Crippen LogP) is 4.13. The van der Waals surface area contributed by atoms with E-state index in [1.54, 1.807) is 10.9 Å². The summed E-state index contributed by atoms with van der Waals surface area (Å²) in [6.45, 7) is 4.18. The van der Waals surface area contributed by atoms with E-state index in [9.17, 15) is 4.79 Å². The lowest BCUT2D eigenvalue weighted by Gasteiger charge is -2.13. The molecule has 0 aliphatic rings. The third-order valence-corrected chi connectivity index (χ3v) is 4.59. The van der Waals surface area contributed by atoms with Gasteiger partial charge in [0.2, 0.25) is 0 Å². The zero-order valence-electron chi connectivity index (χ0n) is 15.5. The summed E-state index contributed by atoms with van der Waals surface area (Å²) in [5.74, 6) is 0.174. The van der Waals surface area contributed by atoms with Crippen molar-refractivity contribution in [3.05, 3.63) is 72.2 Å². The van der Waals surface area contributed by atoms with Crippen molar-refractivity contribution in [2.75, 3.05) is 5.32 Å². The van der Waals surface area contributed by atoms with E-state index in [4.69, 9.17) is 0 Å². The second-order valence-electron chi connectivity index (χ2n) is 6.90. The van der Waals surface area contributed by atoms with E-state index < -0.39 is 0 Å². The molecule has 0 saturated heterocycles. The number of nitrogens with zero attached hydrogens (tertiary/aromatic N) is 4. The first-order valence-electron chi connectivity index (χ1n) is 8.90. The number of anilines is 1. The van der Waals surface area contributed by atoms with E-state index in [0.29, 0.717) is 5.56 Å². The molecule has 0 aliphatic carbocycles. The molecule has 0 unspecified atom stereocenters. The smallest absolute Gasteiger partial charge is 0.255 e. The Kier molecular flexibility index (Phi) is 4.24. The van der Waals surface area contributed by atoms with Crippen LogP contribution in [-0.2, 0) is 7.05 Å². The van der Waals surface area contributed by atoms with Gasteiger partial charge in [-0.1, -0.05) is 32.0 Å². The number of hydrogen-bond donors (Lipinski definition) is 1. The molecule has 6 heteroatoms. The molecule has 0 atom stereocenters. The van der Waals surface area contributed by atoms with Gasteiger partial charge in [0, 0.05) is 23.7 Å². The number of hydrogen-bond acceptors (Lipinski definition) is 3. The average Bonchev–Trinajstić information content (AvgIpc) is 3.27. The highest BCUT2D eigenvalue weighted by Gasteiger charge is 2.14. The van der Waals surface area contributed by atoms with Crippen LogP contribution in [0.15, 0.2) is 61.1 Å². The first-order valence-corrected chi connectivity index (χ1v) is 8.90. The molecule has 0 radical (unpaired) electrons. The van der Waals surface area contributed by atoms with Crippen molar-refractivity contribution in [2.24, 2.45) is 7.05 Å². The van der Waals surface area contributed by atoms with Gasteiger partial charge in [-0.05, 0) is 35.7 Å². The van der Waals surface area contributed by atoms with E-state index in [1.807, 2.05) is 66.6 Å². The van der Waals surface area contributed by atoms with Crippen LogP contribution in [0.3, 0.4) is 0 Å². The molecule has 0 fully saturated rings. The molecule has 4 aromatic rings. The van der Waals surface area contributed by atoms with Gasteiger partial charge in [0.25, 0.3) is 5.91 Å². The van der Waals surface area contributed by atoms with Crippen LogP contribution in [0.25, 0.3) is 16.6 Å². The number of nitrogens with one attached hydrogen (secondary N) is 1. The highest BCUT2D eigenvalue weighted by Crippen LogP contribution is 2.24. The summed E-state index contributed by atoms with van der Waals surface area (Å²) in [4.78, 5) is 12.8. The minimum atomic E-state index is -0.105. The maximum atomic E-state index is 12.8. The fourth-order valence-electron chi connectivity index (χ4n) is 3.23. The van der Waals surface area contributed by atoms with Crippen molar-refractivity contribution in [3.8, 4) is 5.69 Å². The van der Waals surface area contributed by atoms with Crippen molar-refractivity contribution in [3.63, 3.8) is 0 Å². The lowest BCUT2D eigenvalue weighted by Crippen LogP contribution is -2.14. The molecule has 27 heavy (non-hydrogen) atoms. The summed E-state index contributed by atoms with van der Waals surface area (Å²) < 4.78 is 3.55. The first kappa shape index (κ1) is 17.0. The molecule has 136 valence electrons. The molecular weight excluding hydrogens is 338 g/mol. The zero-order valence-corrected chi connectivity index (χ0v) is 15.5. The van der Waals surface area contributed by atoms with Gasteiger partial charge in [0.15, 0.2) is 0 Å². The average molecular weight is 359 g/mol. The van der Waals surface area contributed by atoms with Crippen molar-refractivity contribution in [1.29, 1.82) is 0 Å². The van der Waals surface area contributed by atoms with E-state index >= 15 is 0 Å². The Morgan fingerprint density at radius 2 is 1.89 bits per heavy atom. The van der Waals surface area contributed by atoms with Crippen LogP contribution >= 0.6 is 0 Å². The molecule has 2 heterocycles. The van der Waals surface area contributed by atoms with Gasteiger partial charge in [-0.25, -0.2) is 4.68 Å². The second kappa shape index (κ2) is 6.72. The van der Waals surface area contributed by atoms with Crippen molar-refractivity contribution in [2.45, 2.75) is 19.8 Å². The van der Waals surface area contributed by atoms with Crippen molar-refractivity contribution >= 4 is 22.5 Å². The van der Waals surface area contributed by atoms with Crippen molar-refractivity contribution < 1.29 is 4.79 Å². The SMILES string of the molecule is CC(C)c1ccccc1C(=O)Nc1ccc2cnn(-c3cnn(C)c3)c2c1. The zero-order chi connectivity index (χ0) is 19.0. The lowest BCUT2D eigenvalue weighted by atomic mass is 9.97. The van der Waals surface area contributed by atoms with Gasteiger partial charge in [-0.2, -0.15) is 10.2 Å². The molecule has 1 amide bonds. The Hall–Kier alpha value is -3.41. The van der Waals surface area contributed by atoms with Crippen LogP contribution in [-0.4, -0.2) is 25.5 Å². The third-order valence-electron chi connectivity index (χ3n) is 4.59. The molecule has 0 saturated carbocycles. The van der Waals surface area contributed by atoms with E-state index in [-0.39, 0.29) is 11.8 Å². The van der Waals surface area contributed by atoms with Crippen molar-refractivity contribution in [1.82, 2.24) is 19.6 Å². The van der Waals surface area contributed by atoms with Crippen LogP contribution < -0.4 is 5.32 Å². The quantitative estimate of drug-likeness (QED) is 0.596. The van der Waals surface area contributed by atoms with Gasteiger partial charge in [-0.3, -0.25) is 9.48 Å². The fraction of sp³-hybridized carbons (Fsp3) is 0.190. The normalized spacial score (nSPS) is 11.3. The van der Waals surface area contributed by atoms with Gasteiger partial charge < -0.3 is 5.32 Å². The topological polar surface area (TPSA) is 64.7 Å². The Labute approximate surface area is 157 Å². The maximum absolute atomic E-state index is 12.8. The summed E-state index contributed by atoms with van der Waals surface area (Å²) in [7, 11) is 1.87. The number of benzene rings is 2. The summed E-state index contributed by atoms with van der Waals surface area (Å²) in [5, 5.41) is 12.7. The van der Waals surface area contributed by atoms with Crippen LogP contribution in [0.4, 0.5) is 5.69 Å². The number of rotatable bonds is 4. The van der Waals surface area contributed by atoms with Crippen LogP contribution in [0, 0.1) is 0 Å². The van der Waals surface area contributed by atoms with Gasteiger partial charge in [0.1, 0.15) is 5.69 Å². The molecule has 0 aliphatic heterocycles. The number of aryl methyl sites for hydroxylation is 1. The van der Waals surface area contributed by atoms with Gasteiger partial charge >= 0.3 is 0 Å². The minimum absolute atomic E-state index is 0.105. The number of amides is 1. The molecule has 2 aromatic carbocycles. The highest BCUT2D eigenvalue weighted by atomic mass is 16.1. The largest absolute Gasteiger partial charge is 0.322 e. The highest BCUT2D eigenvalue weighted by molar-refractivity contribution is 6.06. The lowest BCUT2D eigenvalue weighted by molar-refractivity contribution is 0.102. The number of carbonyl (C=O) groups is 1. The number of aromatic nitrogens is 4. The monoisotopic (exact) mass is 359 g/mol. The molecule has 6 nitrogen and oxygen atoms in total. The summed E-state index contributed by atoms with van der Waals surface area (Å²) in [5.41, 5.74) is 4.26. The third kappa shape index (κ3) is 3.21. The molecule has 0 bridgehead atoms. The van der Waals surface area contributed by atoms with Crippen LogP contribution in [0.5, 0.6) is 0 Å². The molecule has 1 N–H and O–H groups in total. The fourth-order valence-corrected chi connectivity index (χ4v) is 3.23. The Balaban J connectivity index is 1.68. The second-order valence-corrected chi connectivity index (χ2v) is 6.90. The minimum Gasteiger partial charge on any atom is -0.322 e. The maximum Gasteiger partial charge on any atom is 0.255 e. The predicted molar refractivity (Wildman–Crippen MR) is 106 cm³/mol. The van der Waals surface area contributed by atoms with Gasteiger partial charge in [-0.15, -0.1) is 0 Å². The summed E-state index contributed by atoms with van der Waals surface area (Å²) in [6.07, 6.45) is 5.47. The number of fused-ring (bicyclic) bond motifs is 1. The van der Waals surface area contributed by atoms with E-state index in [0.717, 1.165) is 27.8 Å². The van der Waals surface area contributed by atoms with Crippen LogP contribution in [0.2, 0.25) is 0 Å². The standard InChI is InChI=1S/C21H21N5O/c1-14(2)18-6-4-5-7-19(18)21(27)24-16-9-8-15-11-23-26(20(15)10-16)17-12-22-25(3)13-17/h4-14H,1-3H3,(H,24,27). The molecule has 0 spiro atoms. The Morgan fingerprint density at radius 3 is 2.63 bits per heavy atom. The first-order chi connectivity index (χ1) is 13.0.